The molecule has 0 saturated carbocycles. The van der Waals surface area contributed by atoms with Crippen molar-refractivity contribution in [3.63, 3.8) is 0 Å². The van der Waals surface area contributed by atoms with Gasteiger partial charge < -0.3 is 20.5 Å². The lowest BCUT2D eigenvalue weighted by molar-refractivity contribution is -0.119. The van der Waals surface area contributed by atoms with E-state index in [1.165, 1.54) is 0 Å². The summed E-state index contributed by atoms with van der Waals surface area (Å²) in [7, 11) is 0. The zero-order chi connectivity index (χ0) is 16.9. The quantitative estimate of drug-likeness (QED) is 0.872. The average molecular weight is 344 g/mol. The molecule has 0 aliphatic carbocycles. The van der Waals surface area contributed by atoms with Crippen molar-refractivity contribution in [3.05, 3.63) is 42.5 Å². The maximum atomic E-state index is 12.2. The van der Waals surface area contributed by atoms with Crippen LogP contribution in [0.15, 0.2) is 52.3 Å². The van der Waals surface area contributed by atoms with Gasteiger partial charge in [-0.1, -0.05) is 36.9 Å². The van der Waals surface area contributed by atoms with Gasteiger partial charge in [0.05, 0.1) is 5.69 Å². The summed E-state index contributed by atoms with van der Waals surface area (Å²) in [5, 5.41) is 2.96. The van der Waals surface area contributed by atoms with Crippen LogP contribution in [0.1, 0.15) is 6.92 Å². The van der Waals surface area contributed by atoms with Gasteiger partial charge in [0.1, 0.15) is 13.2 Å². The van der Waals surface area contributed by atoms with Crippen LogP contribution in [0.5, 0.6) is 11.5 Å². The number of nitrogens with one attached hydrogen (secondary N) is 1. The Labute approximate surface area is 145 Å². The average Bonchev–Trinajstić information content (AvgIpc) is 2.62. The fourth-order valence-corrected chi connectivity index (χ4v) is 3.16. The number of amides is 1. The third kappa shape index (κ3) is 3.83. The number of rotatable bonds is 5. The predicted molar refractivity (Wildman–Crippen MR) is 94.8 cm³/mol. The third-order valence-corrected chi connectivity index (χ3v) is 4.74. The van der Waals surface area contributed by atoms with Crippen LogP contribution in [0.3, 0.4) is 0 Å². The Hall–Kier alpha value is -2.18. The van der Waals surface area contributed by atoms with Crippen LogP contribution in [0.25, 0.3) is 0 Å². The summed E-state index contributed by atoms with van der Waals surface area (Å²) in [5.74, 6) is 0.982. The molecule has 0 radical (unpaired) electrons. The molecule has 2 aromatic rings. The molecule has 1 atom stereocenters. The number of hydrogen-bond acceptors (Lipinski definition) is 5. The maximum absolute atomic E-state index is 12.2. The zero-order valence-electron chi connectivity index (χ0n) is 13.5. The third-order valence-electron chi connectivity index (χ3n) is 3.67. The first kappa shape index (κ1) is 16.7. The fourth-order valence-electron chi connectivity index (χ4n) is 2.23. The molecule has 1 aliphatic heterocycles. The maximum Gasteiger partial charge on any atom is 0.228 e. The Morgan fingerprint density at radius 2 is 1.88 bits per heavy atom. The number of carbonyl (C=O) groups excluding carboxylic acids is 1. The molecule has 1 aliphatic rings. The van der Waals surface area contributed by atoms with Crippen LogP contribution >= 0.6 is 11.8 Å². The second-order valence-corrected chi connectivity index (χ2v) is 6.65. The van der Waals surface area contributed by atoms with E-state index in [-0.39, 0.29) is 11.8 Å². The lowest BCUT2D eigenvalue weighted by Gasteiger charge is -2.22. The van der Waals surface area contributed by atoms with E-state index in [4.69, 9.17) is 15.2 Å². The van der Waals surface area contributed by atoms with Gasteiger partial charge in [-0.2, -0.15) is 0 Å². The molecule has 24 heavy (non-hydrogen) atoms. The zero-order valence-corrected chi connectivity index (χ0v) is 14.3. The minimum Gasteiger partial charge on any atom is -0.486 e. The largest absolute Gasteiger partial charge is 0.486 e. The van der Waals surface area contributed by atoms with E-state index in [1.54, 1.807) is 18.7 Å². The van der Waals surface area contributed by atoms with Crippen molar-refractivity contribution in [1.82, 2.24) is 0 Å². The summed E-state index contributed by atoms with van der Waals surface area (Å²) in [6, 6.07) is 13.7. The van der Waals surface area contributed by atoms with E-state index < -0.39 is 0 Å². The monoisotopic (exact) mass is 344 g/mol. The fraction of sp³-hybridized carbons (Fsp3) is 0.278. The number of nitrogens with two attached hydrogens (primary N) is 1. The van der Waals surface area contributed by atoms with Crippen LogP contribution in [0.2, 0.25) is 0 Å². The number of anilines is 1. The van der Waals surface area contributed by atoms with E-state index in [0.717, 1.165) is 9.79 Å². The molecule has 6 heteroatoms. The molecule has 3 rings (SSSR count). The summed E-state index contributed by atoms with van der Waals surface area (Å²) in [5.41, 5.74) is 6.30. The van der Waals surface area contributed by atoms with Crippen molar-refractivity contribution in [2.75, 3.05) is 25.1 Å². The number of benzene rings is 2. The molecular formula is C18H20N2O3S. The van der Waals surface area contributed by atoms with Crippen molar-refractivity contribution in [2.24, 2.45) is 11.7 Å². The van der Waals surface area contributed by atoms with Gasteiger partial charge in [-0.25, -0.2) is 0 Å². The molecule has 3 N–H and O–H groups in total. The summed E-state index contributed by atoms with van der Waals surface area (Å²) in [4.78, 5) is 14.2. The predicted octanol–water partition coefficient (Wildman–Crippen LogP) is 3.14. The summed E-state index contributed by atoms with van der Waals surface area (Å²) in [6.07, 6.45) is 0. The first-order valence-electron chi connectivity index (χ1n) is 7.85. The van der Waals surface area contributed by atoms with Gasteiger partial charge >= 0.3 is 0 Å². The van der Waals surface area contributed by atoms with Crippen molar-refractivity contribution in [2.45, 2.75) is 16.7 Å². The van der Waals surface area contributed by atoms with Crippen LogP contribution < -0.4 is 20.5 Å². The lowest BCUT2D eigenvalue weighted by atomic mass is 10.1. The highest BCUT2D eigenvalue weighted by atomic mass is 32.2. The second-order valence-electron chi connectivity index (χ2n) is 5.53. The highest BCUT2D eigenvalue weighted by molar-refractivity contribution is 7.99. The summed E-state index contributed by atoms with van der Waals surface area (Å²) < 4.78 is 11.3. The first-order valence-corrected chi connectivity index (χ1v) is 8.66. The summed E-state index contributed by atoms with van der Waals surface area (Å²) in [6.45, 7) is 3.14. The molecule has 0 bridgehead atoms. The van der Waals surface area contributed by atoms with E-state index in [9.17, 15) is 4.79 Å². The second kappa shape index (κ2) is 7.59. The molecule has 0 aromatic heterocycles. The molecular weight excluding hydrogens is 324 g/mol. The van der Waals surface area contributed by atoms with Crippen LogP contribution in [-0.2, 0) is 4.79 Å². The molecule has 1 unspecified atom stereocenters. The topological polar surface area (TPSA) is 73.6 Å². The van der Waals surface area contributed by atoms with Crippen LogP contribution in [-0.4, -0.2) is 25.7 Å². The number of hydrogen-bond donors (Lipinski definition) is 2. The molecule has 1 amide bonds. The van der Waals surface area contributed by atoms with Gasteiger partial charge in [0.25, 0.3) is 0 Å². The van der Waals surface area contributed by atoms with Gasteiger partial charge in [-0.15, -0.1) is 0 Å². The van der Waals surface area contributed by atoms with E-state index in [2.05, 4.69) is 5.32 Å². The van der Waals surface area contributed by atoms with Gasteiger partial charge in [0, 0.05) is 34.4 Å². The minimum absolute atomic E-state index is 0.107. The minimum atomic E-state index is -0.257. The van der Waals surface area contributed by atoms with E-state index in [0.29, 0.717) is 36.9 Å². The van der Waals surface area contributed by atoms with Crippen LogP contribution in [0, 0.1) is 5.92 Å². The summed E-state index contributed by atoms with van der Waals surface area (Å²) >= 11 is 1.57. The van der Waals surface area contributed by atoms with Crippen molar-refractivity contribution >= 4 is 23.4 Å². The smallest absolute Gasteiger partial charge is 0.228 e. The number of ether oxygens (including phenoxy) is 2. The Kier molecular flexibility index (Phi) is 5.27. The van der Waals surface area contributed by atoms with Crippen LogP contribution in [0.4, 0.5) is 5.69 Å². The molecule has 0 saturated heterocycles. The molecule has 2 aromatic carbocycles. The number of carbonyl (C=O) groups is 1. The highest BCUT2D eigenvalue weighted by Crippen LogP contribution is 2.42. The standard InChI is InChI=1S/C18H20N2O3S/c1-12(11-19)18(21)20-14-9-15-16(23-8-7-22-15)10-17(14)24-13-5-3-2-4-6-13/h2-6,9-10,12H,7-8,11,19H2,1H3,(H,20,21). The molecule has 1 heterocycles. The van der Waals surface area contributed by atoms with Gasteiger partial charge in [0.2, 0.25) is 5.91 Å². The lowest BCUT2D eigenvalue weighted by Crippen LogP contribution is -2.27. The van der Waals surface area contributed by atoms with Crippen molar-refractivity contribution in [1.29, 1.82) is 0 Å². The highest BCUT2D eigenvalue weighted by Gasteiger charge is 2.19. The number of fused-ring (bicyclic) bond motifs is 1. The molecule has 0 fully saturated rings. The molecule has 126 valence electrons. The van der Waals surface area contributed by atoms with Gasteiger partial charge in [-0.05, 0) is 12.1 Å². The first-order chi connectivity index (χ1) is 11.7. The Balaban J connectivity index is 1.93. The normalized spacial score (nSPS) is 14.1. The van der Waals surface area contributed by atoms with E-state index in [1.807, 2.05) is 42.5 Å². The molecule has 0 spiro atoms. The van der Waals surface area contributed by atoms with E-state index >= 15 is 0 Å². The van der Waals surface area contributed by atoms with Gasteiger partial charge in [0.15, 0.2) is 11.5 Å². The Bertz CT molecular complexity index is 722. The Morgan fingerprint density at radius 3 is 2.54 bits per heavy atom. The van der Waals surface area contributed by atoms with Gasteiger partial charge in [-0.3, -0.25) is 4.79 Å². The Morgan fingerprint density at radius 1 is 1.21 bits per heavy atom. The molecule has 5 nitrogen and oxygen atoms in total. The SMILES string of the molecule is CC(CN)C(=O)Nc1cc2c(cc1Sc1ccccc1)OCCO2. The van der Waals surface area contributed by atoms with Crippen molar-refractivity contribution in [3.8, 4) is 11.5 Å². The van der Waals surface area contributed by atoms with Crippen molar-refractivity contribution < 1.29 is 14.3 Å².